The van der Waals surface area contributed by atoms with E-state index in [2.05, 4.69) is 25.7 Å². The molecule has 9 nitrogen and oxygen atoms in total. The molecule has 1 amide bonds. The van der Waals surface area contributed by atoms with Crippen LogP contribution in [0.25, 0.3) is 11.2 Å². The van der Waals surface area contributed by atoms with Gasteiger partial charge in [-0.3, -0.25) is 4.79 Å². The fraction of sp³-hybridized carbons (Fsp3) is 0.217. The molecule has 3 heterocycles. The van der Waals surface area contributed by atoms with Gasteiger partial charge in [0, 0.05) is 18.3 Å². The van der Waals surface area contributed by atoms with Crippen LogP contribution in [0.5, 0.6) is 11.5 Å². The molecule has 1 atom stereocenters. The first-order valence-corrected chi connectivity index (χ1v) is 10.3. The standard InChI is InChI=1S/C23H22N6O3/c1-14(26-21-13-24-18-12-25-29(2)22(18)28-21)15-4-3-5-17(10-15)27-23(30)16-6-7-19-20(11-16)32-9-8-31-19/h3-7,10-14H,8-9H2,1-2H3,(H,26,28)(H,27,30)/t14-/m0/s1. The summed E-state index contributed by atoms with van der Waals surface area (Å²) >= 11 is 0. The van der Waals surface area contributed by atoms with Crippen molar-refractivity contribution in [2.45, 2.75) is 13.0 Å². The second-order valence-corrected chi connectivity index (χ2v) is 7.54. The fourth-order valence-electron chi connectivity index (χ4n) is 3.56. The second kappa shape index (κ2) is 8.18. The van der Waals surface area contributed by atoms with Crippen LogP contribution in [0, 0.1) is 0 Å². The van der Waals surface area contributed by atoms with Crippen molar-refractivity contribution in [2.24, 2.45) is 7.05 Å². The molecule has 2 N–H and O–H groups in total. The summed E-state index contributed by atoms with van der Waals surface area (Å²) in [5, 5.41) is 10.5. The van der Waals surface area contributed by atoms with Gasteiger partial charge in [-0.15, -0.1) is 0 Å². The minimum Gasteiger partial charge on any atom is -0.486 e. The zero-order chi connectivity index (χ0) is 22.1. The Morgan fingerprint density at radius 2 is 1.94 bits per heavy atom. The Balaban J connectivity index is 1.30. The fourth-order valence-corrected chi connectivity index (χ4v) is 3.56. The van der Waals surface area contributed by atoms with Crippen LogP contribution >= 0.6 is 0 Å². The molecule has 0 spiro atoms. The lowest BCUT2D eigenvalue weighted by molar-refractivity contribution is 0.102. The molecule has 0 fully saturated rings. The zero-order valence-corrected chi connectivity index (χ0v) is 17.7. The molecule has 162 valence electrons. The normalized spacial score (nSPS) is 13.6. The third-order valence-electron chi connectivity index (χ3n) is 5.25. The summed E-state index contributed by atoms with van der Waals surface area (Å²) in [6.45, 7) is 3.01. The molecule has 0 radical (unpaired) electrons. The van der Waals surface area contributed by atoms with Crippen molar-refractivity contribution in [3.63, 3.8) is 0 Å². The molecule has 2 aromatic carbocycles. The van der Waals surface area contributed by atoms with E-state index in [9.17, 15) is 4.79 Å². The number of anilines is 2. The van der Waals surface area contributed by atoms with E-state index in [1.165, 1.54) is 0 Å². The molecule has 0 aliphatic carbocycles. The lowest BCUT2D eigenvalue weighted by Gasteiger charge is -2.19. The summed E-state index contributed by atoms with van der Waals surface area (Å²) in [5.41, 5.74) is 3.66. The van der Waals surface area contributed by atoms with Gasteiger partial charge in [-0.25, -0.2) is 14.6 Å². The van der Waals surface area contributed by atoms with Crippen molar-refractivity contribution >= 4 is 28.6 Å². The number of fused-ring (bicyclic) bond motifs is 2. The van der Waals surface area contributed by atoms with Gasteiger partial charge in [-0.05, 0) is 42.8 Å². The number of carbonyl (C=O) groups excluding carboxylic acids is 1. The van der Waals surface area contributed by atoms with Gasteiger partial charge in [0.2, 0.25) is 0 Å². The zero-order valence-electron chi connectivity index (χ0n) is 17.7. The predicted octanol–water partition coefficient (Wildman–Crippen LogP) is 3.56. The van der Waals surface area contributed by atoms with Crippen LogP contribution in [0.3, 0.4) is 0 Å². The Kier molecular flexibility index (Phi) is 5.06. The smallest absolute Gasteiger partial charge is 0.255 e. The van der Waals surface area contributed by atoms with Crippen molar-refractivity contribution in [3.05, 3.63) is 66.0 Å². The van der Waals surface area contributed by atoms with Gasteiger partial charge >= 0.3 is 0 Å². The van der Waals surface area contributed by atoms with E-state index in [1.54, 1.807) is 35.3 Å². The number of benzene rings is 2. The van der Waals surface area contributed by atoms with Gasteiger partial charge in [0.1, 0.15) is 24.5 Å². The molecule has 0 bridgehead atoms. The molecule has 0 unspecified atom stereocenters. The van der Waals surface area contributed by atoms with Crippen LogP contribution < -0.4 is 20.1 Å². The number of aromatic nitrogens is 4. The number of amides is 1. The van der Waals surface area contributed by atoms with E-state index in [4.69, 9.17) is 9.47 Å². The Hall–Kier alpha value is -4.14. The monoisotopic (exact) mass is 430 g/mol. The molecule has 32 heavy (non-hydrogen) atoms. The van der Waals surface area contributed by atoms with Crippen LogP contribution in [0.2, 0.25) is 0 Å². The molecular formula is C23H22N6O3. The largest absolute Gasteiger partial charge is 0.486 e. The molecule has 0 saturated carbocycles. The van der Waals surface area contributed by atoms with Crippen LogP contribution in [0.1, 0.15) is 28.9 Å². The summed E-state index contributed by atoms with van der Waals surface area (Å²) in [4.78, 5) is 21.7. The summed E-state index contributed by atoms with van der Waals surface area (Å²) in [6, 6.07) is 12.8. The summed E-state index contributed by atoms with van der Waals surface area (Å²) < 4.78 is 12.8. The number of nitrogens with zero attached hydrogens (tertiary/aromatic N) is 4. The topological polar surface area (TPSA) is 103 Å². The third-order valence-corrected chi connectivity index (χ3v) is 5.25. The highest BCUT2D eigenvalue weighted by Crippen LogP contribution is 2.31. The van der Waals surface area contributed by atoms with Crippen LogP contribution in [-0.4, -0.2) is 38.9 Å². The predicted molar refractivity (Wildman–Crippen MR) is 120 cm³/mol. The quantitative estimate of drug-likeness (QED) is 0.499. The lowest BCUT2D eigenvalue weighted by Crippen LogP contribution is -2.17. The van der Waals surface area contributed by atoms with Gasteiger partial charge in [-0.1, -0.05) is 12.1 Å². The molecular weight excluding hydrogens is 408 g/mol. The Morgan fingerprint density at radius 3 is 2.81 bits per heavy atom. The minimum absolute atomic E-state index is 0.0545. The highest BCUT2D eigenvalue weighted by Gasteiger charge is 2.16. The number of rotatable bonds is 5. The van der Waals surface area contributed by atoms with Crippen molar-refractivity contribution in [3.8, 4) is 11.5 Å². The average molecular weight is 430 g/mol. The molecule has 1 aliphatic rings. The number of hydrogen-bond acceptors (Lipinski definition) is 7. The first-order valence-electron chi connectivity index (χ1n) is 10.3. The Bertz CT molecular complexity index is 1300. The SMILES string of the molecule is C[C@H](Nc1cnc2cnn(C)c2n1)c1cccc(NC(=O)c2ccc3c(c2)OCCO3)c1. The number of aryl methyl sites for hydroxylation is 1. The van der Waals surface area contributed by atoms with Gasteiger partial charge < -0.3 is 20.1 Å². The third kappa shape index (κ3) is 3.92. The lowest BCUT2D eigenvalue weighted by atomic mass is 10.1. The van der Waals surface area contributed by atoms with Crippen LogP contribution in [0.15, 0.2) is 54.9 Å². The maximum Gasteiger partial charge on any atom is 0.255 e. The first-order chi connectivity index (χ1) is 15.6. The van der Waals surface area contributed by atoms with E-state index >= 15 is 0 Å². The Labute approximate surface area is 184 Å². The molecule has 2 aromatic heterocycles. The maximum absolute atomic E-state index is 12.8. The van der Waals surface area contributed by atoms with Gasteiger partial charge in [0.25, 0.3) is 5.91 Å². The van der Waals surface area contributed by atoms with Gasteiger partial charge in [0.15, 0.2) is 17.1 Å². The average Bonchev–Trinajstić information content (AvgIpc) is 3.19. The number of nitrogens with one attached hydrogen (secondary N) is 2. The van der Waals surface area contributed by atoms with Gasteiger partial charge in [0.05, 0.1) is 18.4 Å². The van der Waals surface area contributed by atoms with Gasteiger partial charge in [-0.2, -0.15) is 5.10 Å². The number of ether oxygens (including phenoxy) is 2. The highest BCUT2D eigenvalue weighted by molar-refractivity contribution is 6.04. The number of hydrogen-bond donors (Lipinski definition) is 2. The van der Waals surface area contributed by atoms with E-state index in [1.807, 2.05) is 38.2 Å². The Morgan fingerprint density at radius 1 is 1.09 bits per heavy atom. The second-order valence-electron chi connectivity index (χ2n) is 7.54. The molecule has 0 saturated heterocycles. The van der Waals surface area contributed by atoms with Crippen molar-refractivity contribution in [1.29, 1.82) is 0 Å². The molecule has 1 aliphatic heterocycles. The van der Waals surface area contributed by atoms with Crippen molar-refractivity contribution in [2.75, 3.05) is 23.8 Å². The summed E-state index contributed by atoms with van der Waals surface area (Å²) in [6.07, 6.45) is 3.37. The molecule has 4 aromatic rings. The molecule has 5 rings (SSSR count). The summed E-state index contributed by atoms with van der Waals surface area (Å²) in [7, 11) is 1.83. The van der Waals surface area contributed by atoms with Crippen LogP contribution in [0.4, 0.5) is 11.5 Å². The first kappa shape index (κ1) is 19.8. The number of carbonyl (C=O) groups is 1. The molecule has 9 heteroatoms. The highest BCUT2D eigenvalue weighted by atomic mass is 16.6. The van der Waals surface area contributed by atoms with E-state index < -0.39 is 0 Å². The van der Waals surface area contributed by atoms with Crippen molar-refractivity contribution < 1.29 is 14.3 Å². The van der Waals surface area contributed by atoms with Crippen molar-refractivity contribution in [1.82, 2.24) is 19.7 Å². The maximum atomic E-state index is 12.8. The minimum atomic E-state index is -0.215. The van der Waals surface area contributed by atoms with Crippen LogP contribution in [-0.2, 0) is 7.05 Å². The van der Waals surface area contributed by atoms with E-state index in [-0.39, 0.29) is 11.9 Å². The van der Waals surface area contributed by atoms with E-state index in [0.717, 1.165) is 11.1 Å². The summed E-state index contributed by atoms with van der Waals surface area (Å²) in [5.74, 6) is 1.68. The van der Waals surface area contributed by atoms with E-state index in [0.29, 0.717) is 47.4 Å².